The van der Waals surface area contributed by atoms with Gasteiger partial charge < -0.3 is 27.5 Å². The Morgan fingerprint density at radius 3 is 1.20 bits per heavy atom. The molecule has 0 spiro atoms. The summed E-state index contributed by atoms with van der Waals surface area (Å²) in [5.41, 5.74) is 17.0. The summed E-state index contributed by atoms with van der Waals surface area (Å²) < 4.78 is 51.6. The first-order chi connectivity index (χ1) is 40.3. The molecule has 16 rings (SSSR count). The molecule has 84 heavy (non-hydrogen) atoms. The van der Waals surface area contributed by atoms with Crippen molar-refractivity contribution in [1.82, 2.24) is 4.40 Å². The summed E-state index contributed by atoms with van der Waals surface area (Å²) in [4.78, 5) is 4.36. The van der Waals surface area contributed by atoms with Gasteiger partial charge in [0, 0.05) is 94.1 Å². The molecule has 0 aliphatic heterocycles. The molecule has 5 aromatic heterocycles. The zero-order chi connectivity index (χ0) is 57.5. The van der Waals surface area contributed by atoms with Crippen molar-refractivity contribution in [3.63, 3.8) is 0 Å². The molecule has 0 saturated heterocycles. The van der Waals surface area contributed by atoms with Gasteiger partial charge in [-0.1, -0.05) is 92.6 Å². The van der Waals surface area contributed by atoms with E-state index in [1.165, 1.54) is 57.2 Å². The standard InChI is InChI=1S/C76H59F2N3O3/c1-74(2,3)44-10-24-56-61-38-51(22-28-67(61)82-70(56)36-44)79(49-16-12-47(77)13-17-49)53-20-26-55-63-34-46(76(7,8)9)35-64-59-30-43-33-69-60(31-42(43)32-65(59)81(73(63)64)66(55)40-53)58-27-21-54(41-72(58)84-69)80(50-18-14-48(78)15-19-50)52-23-29-68-62(39-52)57-25-11-45(75(4,5)6)37-71(57)83-68/h10-41H,1-9H3. The van der Waals surface area contributed by atoms with Gasteiger partial charge in [0.2, 0.25) is 0 Å². The summed E-state index contributed by atoms with van der Waals surface area (Å²) >= 11 is 0. The lowest BCUT2D eigenvalue weighted by Crippen LogP contribution is -2.10. The van der Waals surface area contributed by atoms with Gasteiger partial charge in [0.1, 0.15) is 45.1 Å². The summed E-state index contributed by atoms with van der Waals surface area (Å²) in [6.07, 6.45) is 0. The van der Waals surface area contributed by atoms with Gasteiger partial charge >= 0.3 is 0 Å². The van der Waals surface area contributed by atoms with Crippen molar-refractivity contribution >= 4 is 149 Å². The molecule has 16 aromatic rings. The van der Waals surface area contributed by atoms with Gasteiger partial charge in [-0.05, 0) is 201 Å². The first kappa shape index (κ1) is 50.1. The quantitative estimate of drug-likeness (QED) is 0.166. The second-order valence-electron chi connectivity index (χ2n) is 26.2. The van der Waals surface area contributed by atoms with E-state index in [-0.39, 0.29) is 27.9 Å². The lowest BCUT2D eigenvalue weighted by atomic mass is 9.85. The van der Waals surface area contributed by atoms with Crippen molar-refractivity contribution in [1.29, 1.82) is 0 Å². The highest BCUT2D eigenvalue weighted by Gasteiger charge is 2.27. The Kier molecular flexibility index (Phi) is 10.4. The Bertz CT molecular complexity index is 5410. The minimum atomic E-state index is -0.301. The third-order valence-corrected chi connectivity index (χ3v) is 17.6. The Labute approximate surface area is 483 Å². The van der Waals surface area contributed by atoms with E-state index in [1.54, 1.807) is 0 Å². The molecule has 0 aliphatic carbocycles. The van der Waals surface area contributed by atoms with Crippen molar-refractivity contribution in [2.24, 2.45) is 0 Å². The monoisotopic (exact) mass is 1100 g/mol. The van der Waals surface area contributed by atoms with Crippen molar-refractivity contribution in [3.8, 4) is 0 Å². The molecule has 0 fully saturated rings. The molecule has 5 heterocycles. The van der Waals surface area contributed by atoms with Crippen LogP contribution in [0, 0.1) is 11.6 Å². The maximum Gasteiger partial charge on any atom is 0.137 e. The number of anilines is 6. The first-order valence-corrected chi connectivity index (χ1v) is 28.9. The van der Waals surface area contributed by atoms with Gasteiger partial charge in [0.15, 0.2) is 0 Å². The smallest absolute Gasteiger partial charge is 0.137 e. The Morgan fingerprint density at radius 1 is 0.286 bits per heavy atom. The molecule has 0 bridgehead atoms. The molecule has 8 heteroatoms. The number of rotatable bonds is 6. The van der Waals surface area contributed by atoms with Crippen LogP contribution < -0.4 is 9.80 Å². The zero-order valence-electron chi connectivity index (χ0n) is 48.3. The maximum atomic E-state index is 14.8. The lowest BCUT2D eigenvalue weighted by molar-refractivity contribution is 0.587. The van der Waals surface area contributed by atoms with Gasteiger partial charge in [0.05, 0.1) is 16.6 Å². The normalized spacial score (nSPS) is 12.9. The summed E-state index contributed by atoms with van der Waals surface area (Å²) in [5.74, 6) is -0.593. The average Bonchev–Trinajstić information content (AvgIpc) is 1.62. The second-order valence-corrected chi connectivity index (χ2v) is 26.2. The fourth-order valence-electron chi connectivity index (χ4n) is 13.1. The Balaban J connectivity index is 0.858. The van der Waals surface area contributed by atoms with E-state index in [0.717, 1.165) is 133 Å². The van der Waals surface area contributed by atoms with Crippen molar-refractivity contribution < 1.29 is 22.0 Å². The van der Waals surface area contributed by atoms with Crippen LogP contribution in [0.1, 0.15) is 79.0 Å². The molecule has 0 saturated carbocycles. The fraction of sp³-hybridized carbons (Fsp3) is 0.158. The number of aromatic nitrogens is 1. The van der Waals surface area contributed by atoms with E-state index in [2.05, 4.69) is 216 Å². The van der Waals surface area contributed by atoms with Crippen LogP contribution in [0.5, 0.6) is 0 Å². The van der Waals surface area contributed by atoms with Crippen LogP contribution in [-0.4, -0.2) is 4.40 Å². The van der Waals surface area contributed by atoms with Crippen molar-refractivity contribution in [3.05, 3.63) is 222 Å². The topological polar surface area (TPSA) is 50.3 Å². The number of hydrogen-bond acceptors (Lipinski definition) is 5. The van der Waals surface area contributed by atoms with Crippen molar-refractivity contribution in [2.45, 2.75) is 78.6 Å². The summed E-state index contributed by atoms with van der Waals surface area (Å²) in [7, 11) is 0. The number of benzene rings is 11. The summed E-state index contributed by atoms with van der Waals surface area (Å²) in [6, 6.07) is 66.0. The van der Waals surface area contributed by atoms with Crippen LogP contribution in [0.2, 0.25) is 0 Å². The second kappa shape index (κ2) is 17.4. The highest BCUT2D eigenvalue weighted by Crippen LogP contribution is 2.48. The average molecular weight is 1100 g/mol. The van der Waals surface area contributed by atoms with Crippen LogP contribution in [-0.2, 0) is 16.2 Å². The largest absolute Gasteiger partial charge is 0.456 e. The molecule has 0 amide bonds. The van der Waals surface area contributed by atoms with E-state index in [1.807, 2.05) is 30.3 Å². The van der Waals surface area contributed by atoms with Crippen LogP contribution >= 0.6 is 0 Å². The molecule has 0 unspecified atom stereocenters. The molecule has 6 nitrogen and oxygen atoms in total. The number of furan rings is 3. The predicted octanol–water partition coefficient (Wildman–Crippen LogP) is 22.8. The van der Waals surface area contributed by atoms with E-state index in [0.29, 0.717) is 0 Å². The molecular formula is C76H59F2N3O3. The first-order valence-electron chi connectivity index (χ1n) is 28.9. The number of hydrogen-bond donors (Lipinski definition) is 0. The van der Waals surface area contributed by atoms with Gasteiger partial charge in [-0.3, -0.25) is 0 Å². The van der Waals surface area contributed by atoms with Gasteiger partial charge in [0.25, 0.3) is 0 Å². The number of fused-ring (bicyclic) bond motifs is 16. The molecule has 410 valence electrons. The SMILES string of the molecule is CC(C)(C)c1ccc2c(c1)oc1ccc(N(c3ccc(F)cc3)c3ccc4c(c3)oc3cc5cc6c7cc(C(C)(C)C)cc8c9ccc(N(c%10ccc(F)cc%10)c%10ccc%11oc%12cc(C(C)(C)C)ccc%12c%11c%10)cc9n(c6cc5cc34)c87)cc12. The molecule has 0 atom stereocenters. The predicted molar refractivity (Wildman–Crippen MR) is 346 cm³/mol. The van der Waals surface area contributed by atoms with Crippen molar-refractivity contribution in [2.75, 3.05) is 9.80 Å². The van der Waals surface area contributed by atoms with E-state index in [9.17, 15) is 8.78 Å². The third kappa shape index (κ3) is 7.72. The highest BCUT2D eigenvalue weighted by atomic mass is 19.1. The molecular weight excluding hydrogens is 1040 g/mol. The minimum absolute atomic E-state index is 0.0225. The summed E-state index contributed by atoms with van der Waals surface area (Å²) in [5, 5.41) is 13.0. The number of halogens is 2. The molecule has 0 N–H and O–H groups in total. The van der Waals surface area contributed by atoms with Crippen LogP contribution in [0.3, 0.4) is 0 Å². The Hall–Kier alpha value is -9.66. The lowest BCUT2D eigenvalue weighted by Gasteiger charge is -2.25. The zero-order valence-corrected chi connectivity index (χ0v) is 48.3. The van der Waals surface area contributed by atoms with Gasteiger partial charge in [-0.25, -0.2) is 8.78 Å². The molecule has 11 aromatic carbocycles. The van der Waals surface area contributed by atoms with E-state index < -0.39 is 0 Å². The fourth-order valence-corrected chi connectivity index (χ4v) is 13.1. The van der Waals surface area contributed by atoms with E-state index >= 15 is 0 Å². The third-order valence-electron chi connectivity index (χ3n) is 17.6. The molecule has 0 aliphatic rings. The van der Waals surface area contributed by atoms with Crippen LogP contribution in [0.15, 0.2) is 207 Å². The van der Waals surface area contributed by atoms with Gasteiger partial charge in [-0.2, -0.15) is 0 Å². The van der Waals surface area contributed by atoms with E-state index in [4.69, 9.17) is 13.3 Å². The molecule has 0 radical (unpaired) electrons. The Morgan fingerprint density at radius 2 is 0.667 bits per heavy atom. The minimum Gasteiger partial charge on any atom is -0.456 e. The van der Waals surface area contributed by atoms with Gasteiger partial charge in [-0.15, -0.1) is 0 Å². The van der Waals surface area contributed by atoms with Crippen LogP contribution in [0.25, 0.3) is 115 Å². The summed E-state index contributed by atoms with van der Waals surface area (Å²) in [6.45, 7) is 20.1. The number of nitrogens with zero attached hydrogens (tertiary/aromatic N) is 3. The maximum absolute atomic E-state index is 14.8. The highest BCUT2D eigenvalue weighted by molar-refractivity contribution is 6.26. The van der Waals surface area contributed by atoms with Crippen LogP contribution in [0.4, 0.5) is 42.9 Å².